The standard InChI is InChI=1S/C27H34N8O4/c1-7-38-26-20-8-9-24-29-11-19-10-28-21(14-34(19)24)25-22(16-37-6)30-33(5)27(25)39-18(3)13-32(4)15-23(20)35(31-26)12-17(2)36/h8-11,14,17,36H,3,7,12-13,15-16H2,1-2,4-6H3/b9-8+/t17-/m1/s1. The Balaban J connectivity index is 1.71. The Hall–Kier alpha value is -4.00. The lowest BCUT2D eigenvalue weighted by Gasteiger charge is -2.20. The van der Waals surface area contributed by atoms with Gasteiger partial charge in [0.1, 0.15) is 17.3 Å². The van der Waals surface area contributed by atoms with Crippen LogP contribution in [0.5, 0.6) is 11.8 Å². The molecule has 1 atom stereocenters. The van der Waals surface area contributed by atoms with Crippen LogP contribution < -0.4 is 9.47 Å². The number of hydrogen-bond acceptors (Lipinski definition) is 9. The van der Waals surface area contributed by atoms with E-state index in [0.29, 0.717) is 67.6 Å². The van der Waals surface area contributed by atoms with Crippen molar-refractivity contribution in [3.63, 3.8) is 0 Å². The molecular formula is C27H34N8O4. The summed E-state index contributed by atoms with van der Waals surface area (Å²) < 4.78 is 23.1. The first-order valence-corrected chi connectivity index (χ1v) is 12.8. The zero-order valence-electron chi connectivity index (χ0n) is 23.0. The number of fused-ring (bicyclic) bond motifs is 4. The highest BCUT2D eigenvalue weighted by Gasteiger charge is 2.24. The van der Waals surface area contributed by atoms with E-state index in [-0.39, 0.29) is 0 Å². The summed E-state index contributed by atoms with van der Waals surface area (Å²) in [7, 11) is 5.43. The Morgan fingerprint density at radius 3 is 2.69 bits per heavy atom. The topological polar surface area (TPSA) is 117 Å². The molecule has 0 aliphatic carbocycles. The zero-order chi connectivity index (χ0) is 27.7. The number of imidazole rings is 1. The summed E-state index contributed by atoms with van der Waals surface area (Å²) in [5.74, 6) is 2.27. The van der Waals surface area contributed by atoms with Crippen molar-refractivity contribution in [3.05, 3.63) is 53.7 Å². The van der Waals surface area contributed by atoms with Crippen LogP contribution in [0, 0.1) is 0 Å². The molecule has 4 aromatic heterocycles. The molecule has 12 nitrogen and oxygen atoms in total. The third-order valence-electron chi connectivity index (χ3n) is 6.33. The molecule has 0 fully saturated rings. The maximum atomic E-state index is 10.2. The molecule has 5 heterocycles. The van der Waals surface area contributed by atoms with Crippen molar-refractivity contribution in [1.82, 2.24) is 38.8 Å². The number of rotatable bonds is 6. The molecule has 0 saturated heterocycles. The van der Waals surface area contributed by atoms with Crippen molar-refractivity contribution in [3.8, 4) is 23.0 Å². The lowest BCUT2D eigenvalue weighted by atomic mass is 10.2. The minimum atomic E-state index is -0.584. The fraction of sp³-hybridized carbons (Fsp3) is 0.407. The second-order valence-corrected chi connectivity index (χ2v) is 9.64. The molecule has 1 aliphatic rings. The Morgan fingerprint density at radius 2 is 1.95 bits per heavy atom. The van der Waals surface area contributed by atoms with Crippen LogP contribution in [-0.4, -0.2) is 77.3 Å². The van der Waals surface area contributed by atoms with Crippen molar-refractivity contribution in [2.24, 2.45) is 7.05 Å². The van der Waals surface area contributed by atoms with Gasteiger partial charge in [-0.1, -0.05) is 6.58 Å². The van der Waals surface area contributed by atoms with Gasteiger partial charge in [-0.25, -0.2) is 9.67 Å². The van der Waals surface area contributed by atoms with Gasteiger partial charge in [-0.05, 0) is 33.0 Å². The molecule has 1 N–H and O–H groups in total. The molecule has 206 valence electrons. The number of aromatic nitrogens is 7. The molecule has 1 aliphatic heterocycles. The minimum Gasteiger partial charge on any atom is -0.476 e. The van der Waals surface area contributed by atoms with E-state index >= 15 is 0 Å². The van der Waals surface area contributed by atoms with Crippen LogP contribution in [0.2, 0.25) is 0 Å². The smallest absolute Gasteiger partial charge is 0.240 e. The number of likely N-dealkylation sites (N-methyl/N-ethyl adjacent to an activating group) is 1. The number of ether oxygens (including phenoxy) is 3. The van der Waals surface area contributed by atoms with Crippen molar-refractivity contribution < 1.29 is 19.3 Å². The molecule has 0 spiro atoms. The highest BCUT2D eigenvalue weighted by atomic mass is 16.5. The molecule has 2 bridgehead atoms. The van der Waals surface area contributed by atoms with Crippen molar-refractivity contribution in [2.45, 2.75) is 39.6 Å². The molecule has 0 amide bonds. The van der Waals surface area contributed by atoms with E-state index in [1.54, 1.807) is 35.8 Å². The van der Waals surface area contributed by atoms with E-state index in [1.807, 2.05) is 43.8 Å². The lowest BCUT2D eigenvalue weighted by Crippen LogP contribution is -2.26. The van der Waals surface area contributed by atoms with Crippen LogP contribution in [0.15, 0.2) is 30.9 Å². The van der Waals surface area contributed by atoms with Crippen LogP contribution in [0.1, 0.15) is 36.6 Å². The molecule has 0 aromatic carbocycles. The second kappa shape index (κ2) is 11.0. The van der Waals surface area contributed by atoms with E-state index in [2.05, 4.69) is 26.7 Å². The SMILES string of the molecule is C=C1CN(C)Cc2c(c(OCC)nn2C[C@@H](C)O)/C=C/c2ncc3cnc(cn23)-c2c(COC)nn(C)c2O1. The van der Waals surface area contributed by atoms with Gasteiger partial charge >= 0.3 is 0 Å². The van der Waals surface area contributed by atoms with Gasteiger partial charge in [0.05, 0.1) is 72.8 Å². The Bertz CT molecular complexity index is 1530. The first-order valence-electron chi connectivity index (χ1n) is 12.8. The maximum Gasteiger partial charge on any atom is 0.240 e. The number of hydrogen-bond donors (Lipinski definition) is 1. The quantitative estimate of drug-likeness (QED) is 0.398. The van der Waals surface area contributed by atoms with E-state index in [1.165, 1.54) is 0 Å². The van der Waals surface area contributed by atoms with E-state index in [4.69, 9.17) is 19.2 Å². The van der Waals surface area contributed by atoms with Gasteiger partial charge in [0.2, 0.25) is 11.8 Å². The Kier molecular flexibility index (Phi) is 7.51. The number of nitrogens with zero attached hydrogens (tertiary/aromatic N) is 8. The average molecular weight is 535 g/mol. The summed E-state index contributed by atoms with van der Waals surface area (Å²) in [5, 5.41) is 19.5. The summed E-state index contributed by atoms with van der Waals surface area (Å²) in [5.41, 5.74) is 4.66. The summed E-state index contributed by atoms with van der Waals surface area (Å²) in [6.07, 6.45) is 8.77. The molecule has 0 radical (unpaired) electrons. The van der Waals surface area contributed by atoms with Gasteiger partial charge in [-0.2, -0.15) is 5.10 Å². The molecule has 0 saturated carbocycles. The predicted molar refractivity (Wildman–Crippen MR) is 146 cm³/mol. The zero-order valence-corrected chi connectivity index (χ0v) is 23.0. The van der Waals surface area contributed by atoms with Gasteiger partial charge in [0.15, 0.2) is 0 Å². The number of aryl methyl sites for hydroxylation is 1. The van der Waals surface area contributed by atoms with Crippen LogP contribution in [0.25, 0.3) is 28.9 Å². The number of aliphatic hydroxyl groups excluding tert-OH is 1. The highest BCUT2D eigenvalue weighted by Crippen LogP contribution is 2.34. The van der Waals surface area contributed by atoms with Gasteiger partial charge < -0.3 is 19.3 Å². The van der Waals surface area contributed by atoms with Crippen LogP contribution >= 0.6 is 0 Å². The largest absolute Gasteiger partial charge is 0.476 e. The highest BCUT2D eigenvalue weighted by molar-refractivity contribution is 5.74. The number of aliphatic hydroxyl groups is 1. The van der Waals surface area contributed by atoms with Gasteiger partial charge in [0, 0.05) is 26.9 Å². The monoisotopic (exact) mass is 534 g/mol. The first kappa shape index (κ1) is 26.6. The van der Waals surface area contributed by atoms with E-state index in [0.717, 1.165) is 22.3 Å². The third kappa shape index (κ3) is 5.31. The predicted octanol–water partition coefficient (Wildman–Crippen LogP) is 2.76. The third-order valence-corrected chi connectivity index (χ3v) is 6.33. The van der Waals surface area contributed by atoms with Crippen molar-refractivity contribution >= 4 is 17.7 Å². The van der Waals surface area contributed by atoms with Gasteiger partial charge in [-0.15, -0.1) is 5.10 Å². The molecule has 4 aromatic rings. The average Bonchev–Trinajstić information content (AvgIpc) is 3.51. The van der Waals surface area contributed by atoms with E-state index in [9.17, 15) is 5.11 Å². The lowest BCUT2D eigenvalue weighted by molar-refractivity contribution is 0.164. The Labute approximate surface area is 226 Å². The van der Waals surface area contributed by atoms with Gasteiger partial charge in [0.25, 0.3) is 0 Å². The summed E-state index contributed by atoms with van der Waals surface area (Å²) in [4.78, 5) is 11.4. The van der Waals surface area contributed by atoms with Crippen LogP contribution in [-0.2, 0) is 31.5 Å². The molecule has 5 rings (SSSR count). The molecule has 12 heteroatoms. The summed E-state index contributed by atoms with van der Waals surface area (Å²) >= 11 is 0. The fourth-order valence-corrected chi connectivity index (χ4v) is 4.75. The maximum absolute atomic E-state index is 10.2. The normalized spacial score (nSPS) is 15.9. The second-order valence-electron chi connectivity index (χ2n) is 9.64. The van der Waals surface area contributed by atoms with E-state index < -0.39 is 6.10 Å². The van der Waals surface area contributed by atoms with Crippen molar-refractivity contribution in [1.29, 1.82) is 0 Å². The fourth-order valence-electron chi connectivity index (χ4n) is 4.75. The number of methoxy groups -OCH3 is 1. The first-order chi connectivity index (χ1) is 18.8. The van der Waals surface area contributed by atoms with Gasteiger partial charge in [-0.3, -0.25) is 19.0 Å². The van der Waals surface area contributed by atoms with Crippen LogP contribution in [0.3, 0.4) is 0 Å². The molecule has 0 unspecified atom stereocenters. The van der Waals surface area contributed by atoms with Crippen LogP contribution in [0.4, 0.5) is 0 Å². The minimum absolute atomic E-state index is 0.296. The molecular weight excluding hydrogens is 500 g/mol. The Morgan fingerprint density at radius 1 is 1.15 bits per heavy atom. The summed E-state index contributed by atoms with van der Waals surface area (Å²) in [6, 6.07) is 0. The van der Waals surface area contributed by atoms with Crippen molar-refractivity contribution in [2.75, 3.05) is 27.3 Å². The summed E-state index contributed by atoms with van der Waals surface area (Å²) in [6.45, 7) is 9.88. The molecule has 39 heavy (non-hydrogen) atoms.